The summed E-state index contributed by atoms with van der Waals surface area (Å²) < 4.78 is 41.7. The first-order valence-electron chi connectivity index (χ1n) is 9.01. The molecule has 0 saturated carbocycles. The van der Waals surface area contributed by atoms with E-state index in [4.69, 9.17) is 5.26 Å². The van der Waals surface area contributed by atoms with Crippen molar-refractivity contribution in [1.29, 1.82) is 5.26 Å². The van der Waals surface area contributed by atoms with Crippen molar-refractivity contribution in [2.75, 3.05) is 10.6 Å². The third-order valence-electron chi connectivity index (χ3n) is 3.77. The number of nitrogens with zero attached hydrogens (tertiary/aromatic N) is 3. The summed E-state index contributed by atoms with van der Waals surface area (Å²) in [6.07, 6.45) is -4.78. The van der Waals surface area contributed by atoms with E-state index >= 15 is 0 Å². The van der Waals surface area contributed by atoms with Crippen LogP contribution in [-0.2, 0) is 0 Å². The van der Waals surface area contributed by atoms with Gasteiger partial charge < -0.3 is 15.4 Å². The molecule has 0 aliphatic heterocycles. The summed E-state index contributed by atoms with van der Waals surface area (Å²) in [6, 6.07) is 16.1. The van der Waals surface area contributed by atoms with Gasteiger partial charge in [-0.2, -0.15) is 10.2 Å². The van der Waals surface area contributed by atoms with Crippen LogP contribution in [0.4, 0.5) is 30.6 Å². The normalized spacial score (nSPS) is 11.1. The van der Waals surface area contributed by atoms with E-state index in [2.05, 4.69) is 31.4 Å². The number of aromatic nitrogens is 2. The number of anilines is 3. The molecule has 2 aromatic carbocycles. The summed E-state index contributed by atoms with van der Waals surface area (Å²) in [6.45, 7) is 3.83. The number of halogens is 3. The second-order valence-electron chi connectivity index (χ2n) is 6.65. The fourth-order valence-corrected chi connectivity index (χ4v) is 2.65. The molecule has 1 heterocycles. The van der Waals surface area contributed by atoms with Crippen LogP contribution in [0.3, 0.4) is 0 Å². The van der Waals surface area contributed by atoms with Gasteiger partial charge in [0.25, 0.3) is 0 Å². The molecule has 2 N–H and O–H groups in total. The topological polar surface area (TPSA) is 82.9 Å². The zero-order chi connectivity index (χ0) is 21.7. The smallest absolute Gasteiger partial charge is 0.406 e. The lowest BCUT2D eigenvalue weighted by Gasteiger charge is -2.14. The number of nitrogens with one attached hydrogen (secondary N) is 2. The summed E-state index contributed by atoms with van der Waals surface area (Å²) in [5.74, 6) is 0.386. The third kappa shape index (κ3) is 5.85. The van der Waals surface area contributed by atoms with Gasteiger partial charge in [-0.05, 0) is 44.2 Å². The van der Waals surface area contributed by atoms with Gasteiger partial charge in [-0.1, -0.05) is 18.2 Å². The number of alkyl halides is 3. The van der Waals surface area contributed by atoms with Crippen LogP contribution in [0, 0.1) is 11.3 Å². The summed E-state index contributed by atoms with van der Waals surface area (Å²) in [4.78, 5) is 8.81. The van der Waals surface area contributed by atoms with Crippen LogP contribution in [0.25, 0.3) is 11.3 Å². The number of nitriles is 1. The Kier molecular flexibility index (Phi) is 6.06. The molecule has 1 aromatic heterocycles. The molecular weight excluding hydrogens is 395 g/mol. The number of hydrogen-bond donors (Lipinski definition) is 2. The van der Waals surface area contributed by atoms with E-state index in [0.717, 1.165) is 0 Å². The molecule has 0 atom stereocenters. The minimum Gasteiger partial charge on any atom is -0.406 e. The Morgan fingerprint density at radius 2 is 1.80 bits per heavy atom. The predicted octanol–water partition coefficient (Wildman–Crippen LogP) is 5.48. The monoisotopic (exact) mass is 413 g/mol. The van der Waals surface area contributed by atoms with Gasteiger partial charge in [0.05, 0.1) is 17.3 Å². The Balaban J connectivity index is 1.99. The minimum atomic E-state index is -4.78. The molecule has 30 heavy (non-hydrogen) atoms. The van der Waals surface area contributed by atoms with Crippen molar-refractivity contribution in [1.82, 2.24) is 9.97 Å². The third-order valence-corrected chi connectivity index (χ3v) is 3.77. The van der Waals surface area contributed by atoms with Crippen molar-refractivity contribution in [3.63, 3.8) is 0 Å². The zero-order valence-corrected chi connectivity index (χ0v) is 16.2. The second kappa shape index (κ2) is 8.69. The maximum atomic E-state index is 12.6. The molecule has 0 aliphatic carbocycles. The van der Waals surface area contributed by atoms with Crippen molar-refractivity contribution < 1.29 is 17.9 Å². The van der Waals surface area contributed by atoms with E-state index in [1.165, 1.54) is 18.2 Å². The summed E-state index contributed by atoms with van der Waals surface area (Å²) in [5.41, 5.74) is 1.95. The Bertz CT molecular complexity index is 1080. The molecule has 0 spiro atoms. The van der Waals surface area contributed by atoms with Crippen molar-refractivity contribution in [3.8, 4) is 23.1 Å². The molecule has 9 heteroatoms. The quantitative estimate of drug-likeness (QED) is 0.557. The minimum absolute atomic E-state index is 0.0370. The van der Waals surface area contributed by atoms with Crippen LogP contribution in [0.5, 0.6) is 5.75 Å². The van der Waals surface area contributed by atoms with E-state index in [-0.39, 0.29) is 11.8 Å². The van der Waals surface area contributed by atoms with Crippen LogP contribution >= 0.6 is 0 Å². The van der Waals surface area contributed by atoms with Crippen LogP contribution < -0.4 is 15.4 Å². The molecule has 3 aromatic rings. The molecular formula is C21H18F3N5O. The second-order valence-corrected chi connectivity index (χ2v) is 6.65. The maximum Gasteiger partial charge on any atom is 0.573 e. The number of ether oxygens (including phenoxy) is 1. The van der Waals surface area contributed by atoms with Crippen molar-refractivity contribution >= 4 is 17.5 Å². The van der Waals surface area contributed by atoms with Crippen LogP contribution in [0.1, 0.15) is 19.4 Å². The number of benzene rings is 2. The molecule has 0 saturated heterocycles. The van der Waals surface area contributed by atoms with E-state index < -0.39 is 6.36 Å². The molecule has 154 valence electrons. The Morgan fingerprint density at radius 3 is 2.50 bits per heavy atom. The van der Waals surface area contributed by atoms with E-state index in [1.807, 2.05) is 13.8 Å². The number of rotatable bonds is 6. The molecule has 6 nitrogen and oxygen atoms in total. The fraction of sp³-hybridized carbons (Fsp3) is 0.190. The van der Waals surface area contributed by atoms with Gasteiger partial charge in [-0.3, -0.25) is 0 Å². The van der Waals surface area contributed by atoms with Gasteiger partial charge in [-0.15, -0.1) is 13.2 Å². The average Bonchev–Trinajstić information content (AvgIpc) is 2.66. The van der Waals surface area contributed by atoms with E-state index in [1.54, 1.807) is 36.4 Å². The van der Waals surface area contributed by atoms with Gasteiger partial charge in [0, 0.05) is 23.4 Å². The predicted molar refractivity (Wildman–Crippen MR) is 107 cm³/mol. The first-order valence-corrected chi connectivity index (χ1v) is 9.01. The first-order chi connectivity index (χ1) is 14.2. The van der Waals surface area contributed by atoms with Gasteiger partial charge in [-0.25, -0.2) is 4.98 Å². The fourth-order valence-electron chi connectivity index (χ4n) is 2.65. The van der Waals surface area contributed by atoms with E-state index in [0.29, 0.717) is 34.3 Å². The summed E-state index contributed by atoms with van der Waals surface area (Å²) in [7, 11) is 0. The molecule has 0 unspecified atom stereocenters. The molecule has 0 radical (unpaired) electrons. The van der Waals surface area contributed by atoms with E-state index in [9.17, 15) is 13.2 Å². The molecule has 0 bridgehead atoms. The Labute approximate surface area is 171 Å². The molecule has 0 amide bonds. The standard InChI is InChI=1S/C21H18F3N5O/c1-13(2)26-20-28-18(15-6-4-8-17(10-15)30-21(22,23)24)11-19(29-20)27-16-7-3-5-14(9-16)12-25/h3-11,13H,1-2H3,(H2,26,27,28,29). The molecule has 0 fully saturated rings. The van der Waals surface area contributed by atoms with Crippen LogP contribution in [-0.4, -0.2) is 22.4 Å². The maximum absolute atomic E-state index is 12.6. The van der Waals surface area contributed by atoms with Gasteiger partial charge >= 0.3 is 6.36 Å². The lowest BCUT2D eigenvalue weighted by molar-refractivity contribution is -0.274. The van der Waals surface area contributed by atoms with Gasteiger partial charge in [0.2, 0.25) is 5.95 Å². The number of hydrogen-bond acceptors (Lipinski definition) is 6. The summed E-state index contributed by atoms with van der Waals surface area (Å²) in [5, 5.41) is 15.3. The highest BCUT2D eigenvalue weighted by Gasteiger charge is 2.31. The molecule has 0 aliphatic rings. The van der Waals surface area contributed by atoms with Crippen molar-refractivity contribution in [2.24, 2.45) is 0 Å². The average molecular weight is 413 g/mol. The summed E-state index contributed by atoms with van der Waals surface area (Å²) >= 11 is 0. The molecule has 3 rings (SSSR count). The first kappa shape index (κ1) is 20.9. The largest absolute Gasteiger partial charge is 0.573 e. The zero-order valence-electron chi connectivity index (χ0n) is 16.2. The highest BCUT2D eigenvalue weighted by atomic mass is 19.4. The Morgan fingerprint density at radius 1 is 1.03 bits per heavy atom. The SMILES string of the molecule is CC(C)Nc1nc(Nc2cccc(C#N)c2)cc(-c2cccc(OC(F)(F)F)c2)n1. The van der Waals surface area contributed by atoms with Gasteiger partial charge in [0.1, 0.15) is 11.6 Å². The highest BCUT2D eigenvalue weighted by molar-refractivity contribution is 5.68. The van der Waals surface area contributed by atoms with Gasteiger partial charge in [0.15, 0.2) is 0 Å². The van der Waals surface area contributed by atoms with Crippen LogP contribution in [0.15, 0.2) is 54.6 Å². The van der Waals surface area contributed by atoms with Crippen molar-refractivity contribution in [3.05, 3.63) is 60.2 Å². The lowest BCUT2D eigenvalue weighted by atomic mass is 10.1. The highest BCUT2D eigenvalue weighted by Crippen LogP contribution is 2.29. The lowest BCUT2D eigenvalue weighted by Crippen LogP contribution is -2.17. The van der Waals surface area contributed by atoms with Crippen molar-refractivity contribution in [2.45, 2.75) is 26.3 Å². The van der Waals surface area contributed by atoms with Crippen LogP contribution in [0.2, 0.25) is 0 Å². The Hall–Kier alpha value is -3.80.